The number of benzene rings is 2. The van der Waals surface area contributed by atoms with Gasteiger partial charge in [-0.3, -0.25) is 5.10 Å². The van der Waals surface area contributed by atoms with Gasteiger partial charge in [-0.1, -0.05) is 23.7 Å². The molecule has 3 N–H and O–H groups in total. The molecule has 0 aliphatic rings. The Morgan fingerprint density at radius 3 is 2.96 bits per heavy atom. The molecule has 0 fully saturated rings. The number of nitriles is 1. The van der Waals surface area contributed by atoms with E-state index >= 15 is 0 Å². The van der Waals surface area contributed by atoms with Crippen LogP contribution in [0.15, 0.2) is 59.6 Å². The van der Waals surface area contributed by atoms with Crippen molar-refractivity contribution in [3.63, 3.8) is 0 Å². The first-order valence-corrected chi connectivity index (χ1v) is 8.32. The van der Waals surface area contributed by atoms with Crippen LogP contribution in [0.4, 0.5) is 5.69 Å². The molecule has 0 radical (unpaired) electrons. The van der Waals surface area contributed by atoms with Gasteiger partial charge in [0.05, 0.1) is 17.3 Å². The number of ether oxygens (including phenoxy) is 1. The average molecular weight is 379 g/mol. The van der Waals surface area contributed by atoms with Crippen LogP contribution in [0.1, 0.15) is 17.2 Å². The first kappa shape index (κ1) is 18.2. The van der Waals surface area contributed by atoms with E-state index in [4.69, 9.17) is 27.3 Å². The zero-order valence-electron chi connectivity index (χ0n) is 14.1. The third kappa shape index (κ3) is 5.42. The second-order valence-electron chi connectivity index (χ2n) is 5.42. The molecule has 0 unspecified atom stereocenters. The van der Waals surface area contributed by atoms with Gasteiger partial charge in [0.2, 0.25) is 0 Å². The molecule has 0 atom stereocenters. The van der Waals surface area contributed by atoms with Gasteiger partial charge in [-0.25, -0.2) is 9.98 Å². The third-order valence-electron chi connectivity index (χ3n) is 3.36. The molecule has 0 amide bonds. The lowest BCUT2D eigenvalue weighted by molar-refractivity contribution is 0.296. The van der Waals surface area contributed by atoms with E-state index in [2.05, 4.69) is 26.2 Å². The van der Waals surface area contributed by atoms with Crippen molar-refractivity contribution in [3.8, 4) is 11.8 Å². The lowest BCUT2D eigenvalue weighted by Crippen LogP contribution is -2.06. The molecule has 3 rings (SSSR count). The Balaban J connectivity index is 1.60. The first-order valence-electron chi connectivity index (χ1n) is 7.94. The SMILES string of the molecule is N#Cc1cccc(OCc2nc(/C=C\C(N)=Nc3cccc(Cl)c3)n[nH]2)c1. The molecular formula is C19H15ClN6O. The van der Waals surface area contributed by atoms with Gasteiger partial charge >= 0.3 is 0 Å². The number of hydrogen-bond donors (Lipinski definition) is 2. The summed E-state index contributed by atoms with van der Waals surface area (Å²) in [6.45, 7) is 0.196. The predicted octanol–water partition coefficient (Wildman–Crippen LogP) is 3.61. The topological polar surface area (TPSA) is 113 Å². The van der Waals surface area contributed by atoms with Crippen molar-refractivity contribution < 1.29 is 4.74 Å². The Morgan fingerprint density at radius 2 is 2.15 bits per heavy atom. The zero-order chi connectivity index (χ0) is 19.1. The molecule has 0 saturated carbocycles. The highest BCUT2D eigenvalue weighted by Crippen LogP contribution is 2.17. The molecule has 8 heteroatoms. The Labute approximate surface area is 160 Å². The smallest absolute Gasteiger partial charge is 0.174 e. The summed E-state index contributed by atoms with van der Waals surface area (Å²) in [5.41, 5.74) is 7.07. The Morgan fingerprint density at radius 1 is 1.30 bits per heavy atom. The zero-order valence-corrected chi connectivity index (χ0v) is 14.9. The third-order valence-corrected chi connectivity index (χ3v) is 3.59. The number of aromatic amines is 1. The van der Waals surface area contributed by atoms with E-state index in [9.17, 15) is 0 Å². The van der Waals surface area contributed by atoms with E-state index in [1.807, 2.05) is 0 Å². The Bertz CT molecular complexity index is 1030. The van der Waals surface area contributed by atoms with E-state index in [1.165, 1.54) is 0 Å². The van der Waals surface area contributed by atoms with E-state index < -0.39 is 0 Å². The van der Waals surface area contributed by atoms with Crippen molar-refractivity contribution in [1.82, 2.24) is 15.2 Å². The summed E-state index contributed by atoms with van der Waals surface area (Å²) >= 11 is 5.91. The monoisotopic (exact) mass is 378 g/mol. The van der Waals surface area contributed by atoms with Crippen LogP contribution in [0.2, 0.25) is 5.02 Å². The van der Waals surface area contributed by atoms with Crippen LogP contribution in [-0.4, -0.2) is 21.0 Å². The lowest BCUT2D eigenvalue weighted by Gasteiger charge is -2.03. The highest BCUT2D eigenvalue weighted by atomic mass is 35.5. The highest BCUT2D eigenvalue weighted by Gasteiger charge is 2.03. The van der Waals surface area contributed by atoms with Crippen LogP contribution < -0.4 is 10.5 Å². The van der Waals surface area contributed by atoms with Crippen LogP contribution in [0.3, 0.4) is 0 Å². The van der Waals surface area contributed by atoms with Crippen molar-refractivity contribution in [2.75, 3.05) is 0 Å². The van der Waals surface area contributed by atoms with Gasteiger partial charge in [0.25, 0.3) is 0 Å². The maximum Gasteiger partial charge on any atom is 0.174 e. The van der Waals surface area contributed by atoms with Gasteiger partial charge in [0, 0.05) is 5.02 Å². The molecule has 0 aliphatic carbocycles. The largest absolute Gasteiger partial charge is 0.486 e. The van der Waals surface area contributed by atoms with Crippen LogP contribution in [0.25, 0.3) is 6.08 Å². The molecule has 2 aromatic carbocycles. The number of rotatable bonds is 6. The van der Waals surface area contributed by atoms with Crippen LogP contribution >= 0.6 is 11.6 Å². The fourth-order valence-electron chi connectivity index (χ4n) is 2.15. The van der Waals surface area contributed by atoms with Crippen molar-refractivity contribution in [2.24, 2.45) is 10.7 Å². The molecule has 0 spiro atoms. The maximum absolute atomic E-state index is 8.89. The van der Waals surface area contributed by atoms with E-state index in [0.29, 0.717) is 39.5 Å². The minimum absolute atomic E-state index is 0.196. The Hall–Kier alpha value is -3.63. The highest BCUT2D eigenvalue weighted by molar-refractivity contribution is 6.30. The van der Waals surface area contributed by atoms with Gasteiger partial charge in [-0.05, 0) is 48.6 Å². The molecule has 1 aromatic heterocycles. The summed E-state index contributed by atoms with van der Waals surface area (Å²) in [7, 11) is 0. The molecule has 1 heterocycles. The number of aromatic nitrogens is 3. The minimum Gasteiger partial charge on any atom is -0.486 e. The molecule has 7 nitrogen and oxygen atoms in total. The second-order valence-corrected chi connectivity index (χ2v) is 5.85. The second kappa shape index (κ2) is 8.65. The quantitative estimate of drug-likeness (QED) is 0.502. The number of nitrogens with zero attached hydrogens (tertiary/aromatic N) is 4. The maximum atomic E-state index is 8.89. The van der Waals surface area contributed by atoms with Crippen molar-refractivity contribution in [3.05, 3.63) is 76.8 Å². The van der Waals surface area contributed by atoms with Crippen molar-refractivity contribution in [1.29, 1.82) is 5.26 Å². The fourth-order valence-corrected chi connectivity index (χ4v) is 2.33. The van der Waals surface area contributed by atoms with E-state index in [1.54, 1.807) is 60.7 Å². The molecular weight excluding hydrogens is 364 g/mol. The van der Waals surface area contributed by atoms with Gasteiger partial charge in [-0.2, -0.15) is 10.4 Å². The van der Waals surface area contributed by atoms with Crippen molar-refractivity contribution >= 4 is 29.2 Å². The van der Waals surface area contributed by atoms with Crippen LogP contribution in [-0.2, 0) is 6.61 Å². The van der Waals surface area contributed by atoms with Gasteiger partial charge in [-0.15, -0.1) is 0 Å². The summed E-state index contributed by atoms with van der Waals surface area (Å²) in [5.74, 6) is 1.87. The standard InChI is InChI=1S/C19H15ClN6O/c20-14-4-2-5-15(10-14)23-17(22)7-8-18-24-19(26-25-18)12-27-16-6-1-3-13(9-16)11-21/h1-10H,12H2,(H2,22,23)(H,24,25,26)/b8-7-. The van der Waals surface area contributed by atoms with Crippen LogP contribution in [0.5, 0.6) is 5.75 Å². The molecule has 0 bridgehead atoms. The lowest BCUT2D eigenvalue weighted by atomic mass is 10.2. The molecule has 134 valence electrons. The number of H-pyrrole nitrogens is 1. The predicted molar refractivity (Wildman–Crippen MR) is 104 cm³/mol. The fraction of sp³-hybridized carbons (Fsp3) is 0.0526. The summed E-state index contributed by atoms with van der Waals surface area (Å²) in [4.78, 5) is 8.53. The Kier molecular flexibility index (Phi) is 5.82. The van der Waals surface area contributed by atoms with E-state index in [-0.39, 0.29) is 6.61 Å². The normalized spacial score (nSPS) is 11.5. The average Bonchev–Trinajstić information content (AvgIpc) is 3.13. The number of halogens is 1. The molecule has 3 aromatic rings. The number of aliphatic imine (C=N–C) groups is 1. The first-order chi connectivity index (χ1) is 13.1. The summed E-state index contributed by atoms with van der Waals surface area (Å²) in [5, 5.41) is 16.3. The molecule has 0 saturated heterocycles. The van der Waals surface area contributed by atoms with Gasteiger partial charge in [0.15, 0.2) is 11.6 Å². The number of nitrogens with one attached hydrogen (secondary N) is 1. The number of hydrogen-bond acceptors (Lipinski definition) is 5. The minimum atomic E-state index is 0.196. The molecule has 27 heavy (non-hydrogen) atoms. The summed E-state index contributed by atoms with van der Waals surface area (Å²) in [6.07, 6.45) is 3.24. The van der Waals surface area contributed by atoms with Gasteiger partial charge < -0.3 is 10.5 Å². The van der Waals surface area contributed by atoms with E-state index in [0.717, 1.165) is 0 Å². The molecule has 0 aliphatic heterocycles. The van der Waals surface area contributed by atoms with Crippen molar-refractivity contribution in [2.45, 2.75) is 6.61 Å². The summed E-state index contributed by atoms with van der Waals surface area (Å²) < 4.78 is 5.59. The number of amidine groups is 1. The summed E-state index contributed by atoms with van der Waals surface area (Å²) in [6, 6.07) is 16.0. The van der Waals surface area contributed by atoms with Gasteiger partial charge in [0.1, 0.15) is 18.2 Å². The number of nitrogens with two attached hydrogens (primary N) is 1. The van der Waals surface area contributed by atoms with Crippen LogP contribution in [0, 0.1) is 11.3 Å².